The molecule has 104 valence electrons. The molecule has 2 rings (SSSR count). The number of carbonyl (C=O) groups is 1. The van der Waals surface area contributed by atoms with Gasteiger partial charge in [-0.3, -0.25) is 4.79 Å². The minimum absolute atomic E-state index is 0.0111. The molecule has 1 aromatic carbocycles. The van der Waals surface area contributed by atoms with Crippen LogP contribution in [-0.4, -0.2) is 29.9 Å². The molecule has 0 aliphatic heterocycles. The predicted molar refractivity (Wildman–Crippen MR) is 83.3 cm³/mol. The summed E-state index contributed by atoms with van der Waals surface area (Å²) in [4.78, 5) is 17.6. The average molecular weight is 307 g/mol. The van der Waals surface area contributed by atoms with Crippen LogP contribution in [0.25, 0.3) is 0 Å². The number of thioether (sulfide) groups is 1. The third kappa shape index (κ3) is 3.74. The summed E-state index contributed by atoms with van der Waals surface area (Å²) in [5, 5.41) is 1.49. The van der Waals surface area contributed by atoms with Crippen LogP contribution in [0.15, 0.2) is 47.6 Å². The minimum atomic E-state index is 0.0111. The normalized spacial score (nSPS) is 10.3. The third-order valence-corrected chi connectivity index (χ3v) is 4.20. The summed E-state index contributed by atoms with van der Waals surface area (Å²) in [5.74, 6) is 0.782. The Hall–Kier alpha value is -1.52. The minimum Gasteiger partial charge on any atom is -0.345 e. The van der Waals surface area contributed by atoms with E-state index in [1.807, 2.05) is 36.4 Å². The molecule has 0 N–H and O–H groups in total. The van der Waals surface area contributed by atoms with Crippen LogP contribution in [0, 0.1) is 0 Å². The van der Waals surface area contributed by atoms with E-state index in [9.17, 15) is 4.79 Å². The van der Waals surface area contributed by atoms with E-state index in [0.29, 0.717) is 10.6 Å². The van der Waals surface area contributed by atoms with Crippen LogP contribution in [0.1, 0.15) is 15.9 Å². The zero-order valence-electron chi connectivity index (χ0n) is 11.3. The molecule has 0 aliphatic carbocycles. The lowest BCUT2D eigenvalue weighted by molar-refractivity contribution is 0.0827. The molecule has 0 fully saturated rings. The van der Waals surface area contributed by atoms with Crippen LogP contribution in [0.4, 0.5) is 0 Å². The Morgan fingerprint density at radius 3 is 2.55 bits per heavy atom. The molecule has 0 saturated carbocycles. The number of hydrogen-bond acceptors (Lipinski definition) is 3. The number of nitrogens with zero attached hydrogens (tertiary/aromatic N) is 2. The van der Waals surface area contributed by atoms with Crippen molar-refractivity contribution in [3.05, 3.63) is 58.7 Å². The second-order valence-electron chi connectivity index (χ2n) is 4.48. The Morgan fingerprint density at radius 1 is 1.25 bits per heavy atom. The first kappa shape index (κ1) is 14.9. The SMILES string of the molecule is CN(C)C(=O)c1ccc(CSc2ncccc2Cl)cc1. The van der Waals surface area contributed by atoms with E-state index in [1.54, 1.807) is 37.0 Å². The molecule has 0 unspecified atom stereocenters. The molecule has 3 nitrogen and oxygen atoms in total. The summed E-state index contributed by atoms with van der Waals surface area (Å²) >= 11 is 7.64. The van der Waals surface area contributed by atoms with Gasteiger partial charge in [-0.05, 0) is 29.8 Å². The molecule has 20 heavy (non-hydrogen) atoms. The molecule has 1 amide bonds. The first-order chi connectivity index (χ1) is 9.58. The van der Waals surface area contributed by atoms with Crippen molar-refractivity contribution in [2.24, 2.45) is 0 Å². The quantitative estimate of drug-likeness (QED) is 0.807. The smallest absolute Gasteiger partial charge is 0.253 e. The molecule has 0 spiro atoms. The summed E-state index contributed by atoms with van der Waals surface area (Å²) in [7, 11) is 3.49. The molecule has 0 radical (unpaired) electrons. The van der Waals surface area contributed by atoms with Crippen molar-refractivity contribution in [2.75, 3.05) is 14.1 Å². The topological polar surface area (TPSA) is 33.2 Å². The highest BCUT2D eigenvalue weighted by Crippen LogP contribution is 2.27. The van der Waals surface area contributed by atoms with Gasteiger partial charge in [-0.15, -0.1) is 11.8 Å². The van der Waals surface area contributed by atoms with Crippen molar-refractivity contribution in [2.45, 2.75) is 10.8 Å². The maximum atomic E-state index is 11.8. The van der Waals surface area contributed by atoms with E-state index in [0.717, 1.165) is 16.3 Å². The number of amides is 1. The molecule has 2 aromatic rings. The largest absolute Gasteiger partial charge is 0.345 e. The summed E-state index contributed by atoms with van der Waals surface area (Å²) in [6, 6.07) is 11.3. The maximum absolute atomic E-state index is 11.8. The standard InChI is InChI=1S/C15H15ClN2OS/c1-18(2)15(19)12-7-5-11(6-8-12)10-20-14-13(16)4-3-9-17-14/h3-9H,10H2,1-2H3. The van der Waals surface area contributed by atoms with E-state index in [4.69, 9.17) is 11.6 Å². The maximum Gasteiger partial charge on any atom is 0.253 e. The Balaban J connectivity index is 2.01. The van der Waals surface area contributed by atoms with Crippen LogP contribution in [-0.2, 0) is 5.75 Å². The molecule has 0 saturated heterocycles. The van der Waals surface area contributed by atoms with Gasteiger partial charge in [-0.1, -0.05) is 23.7 Å². The highest BCUT2D eigenvalue weighted by atomic mass is 35.5. The molecule has 0 aliphatic rings. The van der Waals surface area contributed by atoms with Crippen LogP contribution >= 0.6 is 23.4 Å². The van der Waals surface area contributed by atoms with Crippen molar-refractivity contribution >= 4 is 29.3 Å². The second-order valence-corrected chi connectivity index (χ2v) is 5.85. The predicted octanol–water partition coefficient (Wildman–Crippen LogP) is 3.73. The number of hydrogen-bond donors (Lipinski definition) is 0. The van der Waals surface area contributed by atoms with Crippen LogP contribution in [0.3, 0.4) is 0 Å². The Bertz CT molecular complexity index is 599. The number of benzene rings is 1. The summed E-state index contributed by atoms with van der Waals surface area (Å²) in [5.41, 5.74) is 1.83. The Labute approximate surface area is 128 Å². The van der Waals surface area contributed by atoms with Crippen molar-refractivity contribution < 1.29 is 4.79 Å². The van der Waals surface area contributed by atoms with Crippen LogP contribution < -0.4 is 0 Å². The van der Waals surface area contributed by atoms with Gasteiger partial charge in [0.1, 0.15) is 5.03 Å². The van der Waals surface area contributed by atoms with Crippen molar-refractivity contribution in [1.29, 1.82) is 0 Å². The number of rotatable bonds is 4. The van der Waals surface area contributed by atoms with Gasteiger partial charge in [0.25, 0.3) is 5.91 Å². The van der Waals surface area contributed by atoms with Crippen molar-refractivity contribution in [3.63, 3.8) is 0 Å². The molecular formula is C15H15ClN2OS. The van der Waals surface area contributed by atoms with E-state index >= 15 is 0 Å². The fraction of sp³-hybridized carbons (Fsp3) is 0.200. The van der Waals surface area contributed by atoms with Gasteiger partial charge in [0.05, 0.1) is 5.02 Å². The zero-order chi connectivity index (χ0) is 14.5. The van der Waals surface area contributed by atoms with E-state index in [-0.39, 0.29) is 5.91 Å². The van der Waals surface area contributed by atoms with Gasteiger partial charge in [0.15, 0.2) is 0 Å². The molecular weight excluding hydrogens is 292 g/mol. The van der Waals surface area contributed by atoms with Crippen LogP contribution in [0.2, 0.25) is 5.02 Å². The summed E-state index contributed by atoms with van der Waals surface area (Å²) in [6.07, 6.45) is 1.73. The average Bonchev–Trinajstić information content (AvgIpc) is 2.46. The Morgan fingerprint density at radius 2 is 1.95 bits per heavy atom. The van der Waals surface area contributed by atoms with E-state index < -0.39 is 0 Å². The molecule has 0 bridgehead atoms. The van der Waals surface area contributed by atoms with Gasteiger partial charge in [-0.25, -0.2) is 4.98 Å². The highest BCUT2D eigenvalue weighted by molar-refractivity contribution is 7.98. The number of carbonyl (C=O) groups excluding carboxylic acids is 1. The van der Waals surface area contributed by atoms with Gasteiger partial charge in [-0.2, -0.15) is 0 Å². The first-order valence-corrected chi connectivity index (χ1v) is 7.48. The van der Waals surface area contributed by atoms with Gasteiger partial charge < -0.3 is 4.90 Å². The van der Waals surface area contributed by atoms with Gasteiger partial charge in [0, 0.05) is 31.6 Å². The van der Waals surface area contributed by atoms with Crippen LogP contribution in [0.5, 0.6) is 0 Å². The molecule has 1 aromatic heterocycles. The number of halogens is 1. The molecule has 1 heterocycles. The lowest BCUT2D eigenvalue weighted by Crippen LogP contribution is -2.21. The van der Waals surface area contributed by atoms with E-state index in [1.165, 1.54) is 0 Å². The lowest BCUT2D eigenvalue weighted by Gasteiger charge is -2.10. The first-order valence-electron chi connectivity index (χ1n) is 6.12. The third-order valence-electron chi connectivity index (χ3n) is 2.71. The number of pyridine rings is 1. The van der Waals surface area contributed by atoms with Gasteiger partial charge >= 0.3 is 0 Å². The monoisotopic (exact) mass is 306 g/mol. The Kier molecular flexibility index (Phi) is 5.04. The van der Waals surface area contributed by atoms with Crippen molar-refractivity contribution in [3.8, 4) is 0 Å². The fourth-order valence-corrected chi connectivity index (χ4v) is 2.75. The highest BCUT2D eigenvalue weighted by Gasteiger charge is 2.07. The summed E-state index contributed by atoms with van der Waals surface area (Å²) in [6.45, 7) is 0. The van der Waals surface area contributed by atoms with Gasteiger partial charge in [0.2, 0.25) is 0 Å². The number of aromatic nitrogens is 1. The van der Waals surface area contributed by atoms with Crippen molar-refractivity contribution in [1.82, 2.24) is 9.88 Å². The van der Waals surface area contributed by atoms with E-state index in [2.05, 4.69) is 4.98 Å². The second kappa shape index (κ2) is 6.77. The molecule has 0 atom stereocenters. The fourth-order valence-electron chi connectivity index (χ4n) is 1.63. The summed E-state index contributed by atoms with van der Waals surface area (Å²) < 4.78 is 0. The lowest BCUT2D eigenvalue weighted by atomic mass is 10.1. The molecule has 5 heteroatoms. The zero-order valence-corrected chi connectivity index (χ0v) is 12.9.